The second-order valence-electron chi connectivity index (χ2n) is 6.40. The molecule has 3 aromatic rings. The Morgan fingerprint density at radius 1 is 1.33 bits per heavy atom. The van der Waals surface area contributed by atoms with E-state index < -0.39 is 0 Å². The van der Waals surface area contributed by atoms with E-state index in [0.29, 0.717) is 34.3 Å². The standard InChI is InChI=1S/C19H16BrN3O3S/c1-23-18(25)12-4-2-10(8-15(12)22-19(23)27)17(24)21-14-6-7-26-16-5-3-11(20)9-13(14)16/h2-5,8-9,14H,6-7H2,1H3,(H,21,24)(H,22,27). The van der Waals surface area contributed by atoms with E-state index in [2.05, 4.69) is 26.2 Å². The number of H-pyrrole nitrogens is 1. The summed E-state index contributed by atoms with van der Waals surface area (Å²) < 4.78 is 8.28. The summed E-state index contributed by atoms with van der Waals surface area (Å²) in [6.45, 7) is 0.542. The quantitative estimate of drug-likeness (QED) is 0.590. The third-order valence-electron chi connectivity index (χ3n) is 4.68. The third kappa shape index (κ3) is 3.30. The molecule has 6 nitrogen and oxygen atoms in total. The van der Waals surface area contributed by atoms with Gasteiger partial charge < -0.3 is 15.0 Å². The summed E-state index contributed by atoms with van der Waals surface area (Å²) in [5, 5.41) is 3.55. The predicted molar refractivity (Wildman–Crippen MR) is 109 cm³/mol. The SMILES string of the molecule is Cn1c(=S)[nH]c2cc(C(=O)NC3CCOc4ccc(Br)cc43)ccc2c1=O. The maximum absolute atomic E-state index is 12.8. The van der Waals surface area contributed by atoms with Crippen LogP contribution in [0.5, 0.6) is 5.75 Å². The molecule has 4 rings (SSSR count). The van der Waals surface area contributed by atoms with Crippen LogP contribution in [0.2, 0.25) is 0 Å². The van der Waals surface area contributed by atoms with Gasteiger partial charge in [0.2, 0.25) is 0 Å². The van der Waals surface area contributed by atoms with Gasteiger partial charge in [0.25, 0.3) is 11.5 Å². The molecule has 0 radical (unpaired) electrons. The Morgan fingerprint density at radius 2 is 2.15 bits per heavy atom. The molecule has 0 fully saturated rings. The van der Waals surface area contributed by atoms with Crippen molar-refractivity contribution in [1.29, 1.82) is 0 Å². The molecule has 1 aromatic heterocycles. The highest BCUT2D eigenvalue weighted by molar-refractivity contribution is 9.10. The van der Waals surface area contributed by atoms with Gasteiger partial charge in [-0.1, -0.05) is 15.9 Å². The number of nitrogens with one attached hydrogen (secondary N) is 2. The normalized spacial score (nSPS) is 15.9. The number of fused-ring (bicyclic) bond motifs is 2. The van der Waals surface area contributed by atoms with E-state index in [4.69, 9.17) is 17.0 Å². The Kier molecular flexibility index (Phi) is 4.61. The van der Waals surface area contributed by atoms with E-state index in [1.165, 1.54) is 4.57 Å². The topological polar surface area (TPSA) is 76.1 Å². The monoisotopic (exact) mass is 445 g/mol. The number of hydrogen-bond donors (Lipinski definition) is 2. The molecule has 2 heterocycles. The van der Waals surface area contributed by atoms with E-state index in [1.807, 2.05) is 18.2 Å². The Morgan fingerprint density at radius 3 is 2.96 bits per heavy atom. The number of aromatic nitrogens is 2. The zero-order valence-electron chi connectivity index (χ0n) is 14.4. The molecule has 2 N–H and O–H groups in total. The lowest BCUT2D eigenvalue weighted by Crippen LogP contribution is -2.32. The lowest BCUT2D eigenvalue weighted by Gasteiger charge is -2.27. The van der Waals surface area contributed by atoms with Crippen molar-refractivity contribution in [1.82, 2.24) is 14.9 Å². The zero-order chi connectivity index (χ0) is 19.1. The van der Waals surface area contributed by atoms with Crippen molar-refractivity contribution in [3.05, 3.63) is 67.1 Å². The van der Waals surface area contributed by atoms with Crippen LogP contribution in [-0.2, 0) is 7.05 Å². The van der Waals surface area contributed by atoms with Crippen molar-refractivity contribution in [2.24, 2.45) is 7.05 Å². The van der Waals surface area contributed by atoms with Crippen LogP contribution in [0.3, 0.4) is 0 Å². The Balaban J connectivity index is 1.67. The Hall–Kier alpha value is -2.45. The molecule has 138 valence electrons. The van der Waals surface area contributed by atoms with E-state index in [9.17, 15) is 9.59 Å². The summed E-state index contributed by atoms with van der Waals surface area (Å²) in [7, 11) is 1.61. The van der Waals surface area contributed by atoms with Gasteiger partial charge in [0.05, 0.1) is 23.6 Å². The molecule has 8 heteroatoms. The van der Waals surface area contributed by atoms with Gasteiger partial charge >= 0.3 is 0 Å². The smallest absolute Gasteiger partial charge is 0.261 e. The maximum Gasteiger partial charge on any atom is 0.261 e. The molecular weight excluding hydrogens is 430 g/mol. The molecule has 0 saturated heterocycles. The average molecular weight is 446 g/mol. The molecule has 0 spiro atoms. The van der Waals surface area contributed by atoms with Gasteiger partial charge in [-0.15, -0.1) is 0 Å². The first-order valence-electron chi connectivity index (χ1n) is 8.40. The summed E-state index contributed by atoms with van der Waals surface area (Å²) in [4.78, 5) is 28.1. The molecule has 0 saturated carbocycles. The fourth-order valence-corrected chi connectivity index (χ4v) is 3.78. The van der Waals surface area contributed by atoms with Crippen LogP contribution in [0.25, 0.3) is 10.9 Å². The molecule has 1 atom stereocenters. The summed E-state index contributed by atoms with van der Waals surface area (Å²) in [5.74, 6) is 0.565. The number of benzene rings is 2. The van der Waals surface area contributed by atoms with E-state index >= 15 is 0 Å². The summed E-state index contributed by atoms with van der Waals surface area (Å²) in [6, 6.07) is 10.6. The van der Waals surface area contributed by atoms with Crippen LogP contribution in [0.15, 0.2) is 45.7 Å². The highest BCUT2D eigenvalue weighted by Crippen LogP contribution is 2.34. The minimum atomic E-state index is -0.213. The van der Waals surface area contributed by atoms with E-state index in [1.54, 1.807) is 25.2 Å². The number of carbonyl (C=O) groups excluding carboxylic acids is 1. The molecule has 1 amide bonds. The number of halogens is 1. The summed E-state index contributed by atoms with van der Waals surface area (Å²) in [6.07, 6.45) is 0.686. The van der Waals surface area contributed by atoms with Crippen LogP contribution < -0.4 is 15.6 Å². The fourth-order valence-electron chi connectivity index (χ4n) is 3.20. The van der Waals surface area contributed by atoms with Crippen LogP contribution in [0.1, 0.15) is 28.4 Å². The molecule has 0 bridgehead atoms. The largest absolute Gasteiger partial charge is 0.493 e. The minimum Gasteiger partial charge on any atom is -0.493 e. The van der Waals surface area contributed by atoms with E-state index in [-0.39, 0.29) is 17.5 Å². The first-order valence-corrected chi connectivity index (χ1v) is 9.60. The van der Waals surface area contributed by atoms with Crippen molar-refractivity contribution in [3.63, 3.8) is 0 Å². The van der Waals surface area contributed by atoms with Crippen molar-refractivity contribution in [2.75, 3.05) is 6.61 Å². The zero-order valence-corrected chi connectivity index (χ0v) is 16.8. The second-order valence-corrected chi connectivity index (χ2v) is 7.70. The van der Waals surface area contributed by atoms with Crippen LogP contribution in [-0.4, -0.2) is 22.1 Å². The van der Waals surface area contributed by atoms with Gasteiger partial charge in [-0.2, -0.15) is 0 Å². The second kappa shape index (κ2) is 6.94. The molecule has 0 aliphatic carbocycles. The number of carbonyl (C=O) groups is 1. The summed E-state index contributed by atoms with van der Waals surface area (Å²) in [5.41, 5.74) is 1.76. The van der Waals surface area contributed by atoms with Crippen LogP contribution in [0, 0.1) is 4.77 Å². The van der Waals surface area contributed by atoms with Gasteiger partial charge in [0, 0.05) is 29.1 Å². The number of aromatic amines is 1. The van der Waals surface area contributed by atoms with Crippen molar-refractivity contribution in [3.8, 4) is 5.75 Å². The fraction of sp³-hybridized carbons (Fsp3) is 0.211. The predicted octanol–water partition coefficient (Wildman–Crippen LogP) is 3.61. The minimum absolute atomic E-state index is 0.142. The molecular formula is C19H16BrN3O3S. The van der Waals surface area contributed by atoms with Gasteiger partial charge in [0.1, 0.15) is 5.75 Å². The van der Waals surface area contributed by atoms with Gasteiger partial charge in [-0.25, -0.2) is 0 Å². The molecule has 1 unspecified atom stereocenters. The highest BCUT2D eigenvalue weighted by atomic mass is 79.9. The van der Waals surface area contributed by atoms with Gasteiger partial charge in [-0.3, -0.25) is 14.2 Å². The first-order chi connectivity index (χ1) is 12.9. The maximum atomic E-state index is 12.8. The Bertz CT molecular complexity index is 1190. The van der Waals surface area contributed by atoms with Crippen molar-refractivity contribution in [2.45, 2.75) is 12.5 Å². The van der Waals surface area contributed by atoms with Crippen molar-refractivity contribution < 1.29 is 9.53 Å². The number of amides is 1. The number of ether oxygens (including phenoxy) is 1. The van der Waals surface area contributed by atoms with Crippen LogP contribution in [0.4, 0.5) is 0 Å². The third-order valence-corrected chi connectivity index (χ3v) is 5.55. The number of hydrogen-bond acceptors (Lipinski definition) is 4. The highest BCUT2D eigenvalue weighted by Gasteiger charge is 2.24. The first kappa shape index (κ1) is 17.9. The lowest BCUT2D eigenvalue weighted by molar-refractivity contribution is 0.0925. The van der Waals surface area contributed by atoms with Crippen LogP contribution >= 0.6 is 28.1 Å². The molecule has 27 heavy (non-hydrogen) atoms. The summed E-state index contributed by atoms with van der Waals surface area (Å²) >= 11 is 8.61. The Labute approximate surface area is 168 Å². The van der Waals surface area contributed by atoms with Gasteiger partial charge in [0.15, 0.2) is 4.77 Å². The van der Waals surface area contributed by atoms with Crippen molar-refractivity contribution >= 4 is 45.0 Å². The molecule has 1 aliphatic rings. The number of nitrogens with zero attached hydrogens (tertiary/aromatic N) is 1. The lowest BCUT2D eigenvalue weighted by atomic mass is 10.00. The molecule has 2 aromatic carbocycles. The average Bonchev–Trinajstić information content (AvgIpc) is 2.66. The van der Waals surface area contributed by atoms with E-state index in [0.717, 1.165) is 15.8 Å². The molecule has 1 aliphatic heterocycles. The number of rotatable bonds is 2. The van der Waals surface area contributed by atoms with Gasteiger partial charge in [-0.05, 0) is 48.6 Å².